The van der Waals surface area contributed by atoms with Crippen LogP contribution in [0.15, 0.2) is 18.2 Å². The highest BCUT2D eigenvalue weighted by atomic mass is 16.3. The summed E-state index contributed by atoms with van der Waals surface area (Å²) in [5.74, 6) is 0.412. The Morgan fingerprint density at radius 3 is 2.42 bits per heavy atom. The minimum absolute atomic E-state index is 0.412. The van der Waals surface area contributed by atoms with E-state index in [9.17, 15) is 5.11 Å². The monoisotopic (exact) mass is 357 g/mol. The zero-order valence-electron chi connectivity index (χ0n) is 16.8. The summed E-state index contributed by atoms with van der Waals surface area (Å²) in [5, 5.41) is 18.9. The highest BCUT2D eigenvalue weighted by Gasteiger charge is 2.18. The highest BCUT2D eigenvalue weighted by Crippen LogP contribution is 2.24. The molecule has 1 heterocycles. The van der Waals surface area contributed by atoms with Gasteiger partial charge in [-0.05, 0) is 36.3 Å². The fourth-order valence-electron chi connectivity index (χ4n) is 3.53. The topological polar surface area (TPSA) is 50.5 Å². The van der Waals surface area contributed by atoms with Crippen molar-refractivity contribution in [2.75, 3.05) is 32.7 Å². The number of benzene rings is 1. The minimum Gasteiger partial charge on any atom is -0.508 e. The number of aromatic hydroxyl groups is 1. The van der Waals surface area contributed by atoms with Crippen molar-refractivity contribution >= 4 is 0 Å². The molecule has 4 heteroatoms. The van der Waals surface area contributed by atoms with Crippen LogP contribution in [-0.4, -0.2) is 47.6 Å². The van der Waals surface area contributed by atoms with E-state index in [1.54, 1.807) is 0 Å². The molecule has 2 rings (SSSR count). The molecular formula is C22H35N3O. The van der Waals surface area contributed by atoms with Crippen LogP contribution >= 0.6 is 0 Å². The number of nitrogens with zero attached hydrogens (tertiary/aromatic N) is 3. The van der Waals surface area contributed by atoms with Crippen molar-refractivity contribution in [2.45, 2.75) is 59.4 Å². The lowest BCUT2D eigenvalue weighted by Crippen LogP contribution is -2.46. The maximum Gasteiger partial charge on any atom is 0.120 e. The molecule has 1 aliphatic heterocycles. The van der Waals surface area contributed by atoms with E-state index in [1.807, 2.05) is 6.07 Å². The smallest absolute Gasteiger partial charge is 0.120 e. The Morgan fingerprint density at radius 1 is 1.08 bits per heavy atom. The zero-order chi connectivity index (χ0) is 19.0. The molecule has 0 unspecified atom stereocenters. The number of hydrogen-bond acceptors (Lipinski definition) is 4. The Balaban J connectivity index is 1.81. The van der Waals surface area contributed by atoms with Crippen molar-refractivity contribution < 1.29 is 5.11 Å². The summed E-state index contributed by atoms with van der Waals surface area (Å²) in [6.45, 7) is 12.6. The Labute approximate surface area is 159 Å². The second kappa shape index (κ2) is 9.94. The van der Waals surface area contributed by atoms with Crippen LogP contribution in [0, 0.1) is 16.7 Å². The predicted octanol–water partition coefficient (Wildman–Crippen LogP) is 4.18. The van der Waals surface area contributed by atoms with Gasteiger partial charge in [-0.1, -0.05) is 39.3 Å². The van der Waals surface area contributed by atoms with E-state index >= 15 is 0 Å². The van der Waals surface area contributed by atoms with Gasteiger partial charge in [-0.2, -0.15) is 5.26 Å². The number of rotatable bonds is 8. The summed E-state index contributed by atoms with van der Waals surface area (Å²) in [6, 6.07) is 8.33. The van der Waals surface area contributed by atoms with Crippen LogP contribution in [0.2, 0.25) is 0 Å². The van der Waals surface area contributed by atoms with Crippen molar-refractivity contribution in [1.29, 1.82) is 5.26 Å². The molecule has 0 aliphatic carbocycles. The SMILES string of the molecule is CC(C)(C)CCCCc1ccc(O)c(CN2CCN(CCC#N)CC2)c1. The van der Waals surface area contributed by atoms with E-state index in [0.29, 0.717) is 17.6 Å². The summed E-state index contributed by atoms with van der Waals surface area (Å²) in [5.41, 5.74) is 2.79. The van der Waals surface area contributed by atoms with Crippen LogP contribution < -0.4 is 0 Å². The average molecular weight is 358 g/mol. The van der Waals surface area contributed by atoms with Gasteiger partial charge in [0.2, 0.25) is 0 Å². The lowest BCUT2D eigenvalue weighted by molar-refractivity contribution is 0.128. The third kappa shape index (κ3) is 7.35. The van der Waals surface area contributed by atoms with Gasteiger partial charge in [0.05, 0.1) is 6.07 Å². The second-order valence-electron chi connectivity index (χ2n) is 8.76. The van der Waals surface area contributed by atoms with E-state index < -0.39 is 0 Å². The van der Waals surface area contributed by atoms with Gasteiger partial charge in [-0.15, -0.1) is 0 Å². The number of hydrogen-bond donors (Lipinski definition) is 1. The normalized spacial score (nSPS) is 16.5. The van der Waals surface area contributed by atoms with Crippen molar-refractivity contribution in [3.8, 4) is 11.8 Å². The van der Waals surface area contributed by atoms with E-state index in [4.69, 9.17) is 5.26 Å². The molecule has 0 radical (unpaired) electrons. The molecule has 1 saturated heterocycles. The first kappa shape index (κ1) is 20.7. The van der Waals surface area contributed by atoms with Crippen LogP contribution in [-0.2, 0) is 13.0 Å². The zero-order valence-corrected chi connectivity index (χ0v) is 16.8. The van der Waals surface area contributed by atoms with Crippen LogP contribution in [0.3, 0.4) is 0 Å². The molecule has 1 fully saturated rings. The predicted molar refractivity (Wildman–Crippen MR) is 107 cm³/mol. The summed E-state index contributed by atoms with van der Waals surface area (Å²) >= 11 is 0. The molecule has 1 N–H and O–H groups in total. The first-order valence-electron chi connectivity index (χ1n) is 10.00. The molecule has 0 spiro atoms. The standard InChI is InChI=1S/C22H35N3O/c1-22(2,3)10-5-4-7-19-8-9-21(26)20(17-19)18-25-15-13-24(14-16-25)12-6-11-23/h8-9,17,26H,4-7,10,12-16,18H2,1-3H3. The summed E-state index contributed by atoms with van der Waals surface area (Å²) in [4.78, 5) is 4.76. The van der Waals surface area contributed by atoms with Crippen molar-refractivity contribution in [3.05, 3.63) is 29.3 Å². The van der Waals surface area contributed by atoms with Crippen molar-refractivity contribution in [2.24, 2.45) is 5.41 Å². The highest BCUT2D eigenvalue weighted by molar-refractivity contribution is 5.36. The quantitative estimate of drug-likeness (QED) is 0.709. The first-order valence-corrected chi connectivity index (χ1v) is 10.00. The third-order valence-electron chi connectivity index (χ3n) is 5.18. The molecule has 0 aromatic heterocycles. The average Bonchev–Trinajstić information content (AvgIpc) is 2.60. The molecule has 4 nitrogen and oxygen atoms in total. The van der Waals surface area contributed by atoms with Crippen molar-refractivity contribution in [1.82, 2.24) is 9.80 Å². The van der Waals surface area contributed by atoms with Crippen LogP contribution in [0.1, 0.15) is 57.6 Å². The van der Waals surface area contributed by atoms with Gasteiger partial charge in [0.15, 0.2) is 0 Å². The van der Waals surface area contributed by atoms with E-state index in [2.05, 4.69) is 48.8 Å². The maximum atomic E-state index is 10.2. The fraction of sp³-hybridized carbons (Fsp3) is 0.682. The Hall–Kier alpha value is -1.57. The minimum atomic E-state index is 0.412. The van der Waals surface area contributed by atoms with Gasteiger partial charge < -0.3 is 5.11 Å². The molecular weight excluding hydrogens is 322 g/mol. The fourth-order valence-corrected chi connectivity index (χ4v) is 3.53. The molecule has 26 heavy (non-hydrogen) atoms. The molecule has 144 valence electrons. The second-order valence-corrected chi connectivity index (χ2v) is 8.76. The number of nitriles is 1. The largest absolute Gasteiger partial charge is 0.508 e. The number of phenols is 1. The summed E-state index contributed by atoms with van der Waals surface area (Å²) in [7, 11) is 0. The Kier molecular flexibility index (Phi) is 7.93. The van der Waals surface area contributed by atoms with Crippen molar-refractivity contribution in [3.63, 3.8) is 0 Å². The van der Waals surface area contributed by atoms with Gasteiger partial charge in [0.25, 0.3) is 0 Å². The number of unbranched alkanes of at least 4 members (excludes halogenated alkanes) is 1. The third-order valence-corrected chi connectivity index (χ3v) is 5.18. The molecule has 0 atom stereocenters. The summed E-state index contributed by atoms with van der Waals surface area (Å²) in [6.07, 6.45) is 5.42. The Morgan fingerprint density at radius 2 is 1.77 bits per heavy atom. The van der Waals surface area contributed by atoms with Gasteiger partial charge in [-0.25, -0.2) is 0 Å². The molecule has 0 amide bonds. The number of phenolic OH excluding ortho intramolecular Hbond substituents is 1. The molecule has 0 bridgehead atoms. The van der Waals surface area contributed by atoms with E-state index in [1.165, 1.54) is 24.8 Å². The molecule has 1 aromatic carbocycles. The maximum absolute atomic E-state index is 10.2. The lowest BCUT2D eigenvalue weighted by Gasteiger charge is -2.34. The van der Waals surface area contributed by atoms with Gasteiger partial charge in [0, 0.05) is 51.3 Å². The Bertz CT molecular complexity index is 592. The molecule has 1 aliphatic rings. The number of aryl methyl sites for hydroxylation is 1. The van der Waals surface area contributed by atoms with Crippen LogP contribution in [0.5, 0.6) is 5.75 Å². The van der Waals surface area contributed by atoms with Crippen LogP contribution in [0.25, 0.3) is 0 Å². The molecule has 1 aromatic rings. The van der Waals surface area contributed by atoms with E-state index in [-0.39, 0.29) is 0 Å². The lowest BCUT2D eigenvalue weighted by atomic mass is 9.89. The van der Waals surface area contributed by atoms with Gasteiger partial charge in [0.1, 0.15) is 5.75 Å². The van der Waals surface area contributed by atoms with Gasteiger partial charge >= 0.3 is 0 Å². The van der Waals surface area contributed by atoms with Crippen LogP contribution in [0.4, 0.5) is 0 Å². The van der Waals surface area contributed by atoms with Gasteiger partial charge in [-0.3, -0.25) is 9.80 Å². The number of piperazine rings is 1. The first-order chi connectivity index (χ1) is 12.4. The molecule has 0 saturated carbocycles. The summed E-state index contributed by atoms with van der Waals surface area (Å²) < 4.78 is 0. The van der Waals surface area contributed by atoms with E-state index in [0.717, 1.165) is 51.3 Å².